The summed E-state index contributed by atoms with van der Waals surface area (Å²) in [6.07, 6.45) is 5.46. The Morgan fingerprint density at radius 1 is 1.33 bits per heavy atom. The molecule has 0 aliphatic rings. The zero-order valence-corrected chi connectivity index (χ0v) is 11.0. The van der Waals surface area contributed by atoms with Crippen molar-refractivity contribution >= 4 is 20.3 Å². The summed E-state index contributed by atoms with van der Waals surface area (Å²) in [4.78, 5) is 0. The molecule has 0 bridgehead atoms. The minimum absolute atomic E-state index is 1.09. The molecule has 0 saturated carbocycles. The van der Waals surface area contributed by atoms with Crippen LogP contribution in [0, 0.1) is 0 Å². The van der Waals surface area contributed by atoms with E-state index in [0.29, 0.717) is 0 Å². The van der Waals surface area contributed by atoms with Crippen molar-refractivity contribution in [1.29, 1.82) is 0 Å². The van der Waals surface area contributed by atoms with Gasteiger partial charge in [-0.05, 0) is 23.2 Å². The molecular formula is C13H20OSi. The molecule has 1 unspecified atom stereocenters. The monoisotopic (exact) mass is 220 g/mol. The quantitative estimate of drug-likeness (QED) is 0.693. The van der Waals surface area contributed by atoms with E-state index in [1.165, 1.54) is 10.8 Å². The Morgan fingerprint density at radius 3 is 2.73 bits per heavy atom. The van der Waals surface area contributed by atoms with E-state index in [9.17, 15) is 0 Å². The largest absolute Gasteiger partial charge is 0.419 e. The molecule has 0 saturated heterocycles. The Kier molecular flexibility index (Phi) is 5.36. The normalized spacial score (nSPS) is 13.3. The van der Waals surface area contributed by atoms with Gasteiger partial charge in [0.05, 0.1) is 0 Å². The molecule has 0 aliphatic heterocycles. The lowest BCUT2D eigenvalue weighted by Crippen LogP contribution is -2.31. The van der Waals surface area contributed by atoms with Crippen LogP contribution in [0.4, 0.5) is 0 Å². The lowest BCUT2D eigenvalue weighted by molar-refractivity contribution is 0.430. The van der Waals surface area contributed by atoms with E-state index in [0.717, 1.165) is 12.5 Å². The maximum atomic E-state index is 5.56. The zero-order chi connectivity index (χ0) is 11.1. The van der Waals surface area contributed by atoms with Gasteiger partial charge in [-0.2, -0.15) is 0 Å². The molecule has 0 aromatic heterocycles. The fraction of sp³-hybridized carbons (Fsp3) is 0.385. The summed E-state index contributed by atoms with van der Waals surface area (Å²) in [5.41, 5.74) is 1.29. The minimum atomic E-state index is -1.15. The Hall–Kier alpha value is -0.863. The van der Waals surface area contributed by atoms with E-state index in [4.69, 9.17) is 4.43 Å². The highest BCUT2D eigenvalue weighted by molar-refractivity contribution is 6.67. The van der Waals surface area contributed by atoms with Crippen LogP contribution in [-0.2, 0) is 4.43 Å². The van der Waals surface area contributed by atoms with Crippen LogP contribution in [0.3, 0.4) is 0 Å². The molecule has 82 valence electrons. The molecule has 15 heavy (non-hydrogen) atoms. The van der Waals surface area contributed by atoms with E-state index < -0.39 is 9.04 Å². The molecule has 0 aliphatic carbocycles. The molecule has 0 heterocycles. The van der Waals surface area contributed by atoms with Crippen LogP contribution in [-0.4, -0.2) is 16.2 Å². The smallest absolute Gasteiger partial charge is 0.207 e. The Labute approximate surface area is 94.5 Å². The summed E-state index contributed by atoms with van der Waals surface area (Å²) in [5.74, 6) is 0. The maximum absolute atomic E-state index is 5.56. The van der Waals surface area contributed by atoms with Crippen molar-refractivity contribution in [3.63, 3.8) is 0 Å². The Bertz CT molecular complexity index is 316. The first-order valence-corrected chi connectivity index (χ1v) is 7.47. The van der Waals surface area contributed by atoms with Crippen LogP contribution in [0.2, 0.25) is 6.04 Å². The number of hydrogen-bond acceptors (Lipinski definition) is 1. The summed E-state index contributed by atoms with van der Waals surface area (Å²) in [6.45, 7) is 4.36. The molecule has 2 heteroatoms. The SMILES string of the molecule is CCC=Cc1cccc([SiH](CC)OC)c1. The Balaban J connectivity index is 2.86. The van der Waals surface area contributed by atoms with Crippen LogP contribution in [0.1, 0.15) is 25.8 Å². The molecule has 0 fully saturated rings. The third-order valence-electron chi connectivity index (χ3n) is 2.48. The molecule has 1 rings (SSSR count). The molecule has 1 aromatic rings. The lowest BCUT2D eigenvalue weighted by Gasteiger charge is -2.11. The van der Waals surface area contributed by atoms with Gasteiger partial charge in [-0.1, -0.05) is 50.3 Å². The van der Waals surface area contributed by atoms with Crippen molar-refractivity contribution in [2.24, 2.45) is 0 Å². The fourth-order valence-electron chi connectivity index (χ4n) is 1.66. The predicted octanol–water partition coefficient (Wildman–Crippen LogP) is 2.71. The molecule has 0 spiro atoms. The standard InChI is InChI=1S/C13H20OSi/c1-4-6-8-12-9-7-10-13(11-12)15(5-2)14-3/h6-11,15H,4-5H2,1-3H3. The third-order valence-corrected chi connectivity index (χ3v) is 4.90. The van der Waals surface area contributed by atoms with Crippen molar-refractivity contribution in [2.75, 3.05) is 7.11 Å². The molecule has 1 aromatic carbocycles. The highest BCUT2D eigenvalue weighted by atomic mass is 28.3. The molecule has 0 radical (unpaired) electrons. The molecular weight excluding hydrogens is 200 g/mol. The van der Waals surface area contributed by atoms with E-state index in [-0.39, 0.29) is 0 Å². The highest BCUT2D eigenvalue weighted by Gasteiger charge is 2.09. The fourth-order valence-corrected chi connectivity index (χ4v) is 3.44. The summed E-state index contributed by atoms with van der Waals surface area (Å²) >= 11 is 0. The molecule has 1 atom stereocenters. The van der Waals surface area contributed by atoms with Gasteiger partial charge in [0.25, 0.3) is 0 Å². The van der Waals surface area contributed by atoms with Gasteiger partial charge in [0, 0.05) is 7.11 Å². The van der Waals surface area contributed by atoms with E-state index in [2.05, 4.69) is 50.3 Å². The van der Waals surface area contributed by atoms with E-state index in [1.807, 2.05) is 7.11 Å². The minimum Gasteiger partial charge on any atom is -0.419 e. The van der Waals surface area contributed by atoms with Gasteiger partial charge in [-0.15, -0.1) is 0 Å². The van der Waals surface area contributed by atoms with E-state index in [1.54, 1.807) is 0 Å². The van der Waals surface area contributed by atoms with Gasteiger partial charge in [0.15, 0.2) is 0 Å². The molecule has 1 nitrogen and oxygen atoms in total. The molecule has 0 N–H and O–H groups in total. The number of allylic oxidation sites excluding steroid dienone is 1. The number of benzene rings is 1. The van der Waals surface area contributed by atoms with Gasteiger partial charge in [0.2, 0.25) is 9.04 Å². The molecule has 0 amide bonds. The average Bonchev–Trinajstić information content (AvgIpc) is 2.29. The van der Waals surface area contributed by atoms with Crippen molar-refractivity contribution in [2.45, 2.75) is 26.3 Å². The van der Waals surface area contributed by atoms with Gasteiger partial charge in [-0.25, -0.2) is 0 Å². The van der Waals surface area contributed by atoms with Gasteiger partial charge < -0.3 is 4.43 Å². The Morgan fingerprint density at radius 2 is 2.13 bits per heavy atom. The van der Waals surface area contributed by atoms with E-state index >= 15 is 0 Å². The second-order valence-corrected chi connectivity index (χ2v) is 6.55. The van der Waals surface area contributed by atoms with Gasteiger partial charge in [-0.3, -0.25) is 0 Å². The zero-order valence-electron chi connectivity index (χ0n) is 9.86. The summed E-state index contributed by atoms with van der Waals surface area (Å²) in [5, 5.41) is 1.40. The summed E-state index contributed by atoms with van der Waals surface area (Å²) in [6, 6.07) is 9.87. The summed E-state index contributed by atoms with van der Waals surface area (Å²) < 4.78 is 5.56. The number of rotatable bonds is 5. The average molecular weight is 220 g/mol. The van der Waals surface area contributed by atoms with Crippen LogP contribution >= 0.6 is 0 Å². The van der Waals surface area contributed by atoms with Crippen molar-refractivity contribution in [3.8, 4) is 0 Å². The predicted molar refractivity (Wildman–Crippen MR) is 70.0 cm³/mol. The topological polar surface area (TPSA) is 9.23 Å². The van der Waals surface area contributed by atoms with Gasteiger partial charge >= 0.3 is 0 Å². The highest BCUT2D eigenvalue weighted by Crippen LogP contribution is 2.03. The maximum Gasteiger partial charge on any atom is 0.207 e. The van der Waals surface area contributed by atoms with Crippen molar-refractivity contribution < 1.29 is 4.43 Å². The van der Waals surface area contributed by atoms with Crippen LogP contribution in [0.25, 0.3) is 6.08 Å². The van der Waals surface area contributed by atoms with Crippen LogP contribution in [0.15, 0.2) is 30.3 Å². The lowest BCUT2D eigenvalue weighted by atomic mass is 10.2. The van der Waals surface area contributed by atoms with Crippen LogP contribution < -0.4 is 5.19 Å². The van der Waals surface area contributed by atoms with Crippen molar-refractivity contribution in [3.05, 3.63) is 35.9 Å². The first-order valence-electron chi connectivity index (χ1n) is 5.61. The summed E-state index contributed by atoms with van der Waals surface area (Å²) in [7, 11) is 0.682. The van der Waals surface area contributed by atoms with Crippen molar-refractivity contribution in [1.82, 2.24) is 0 Å². The second-order valence-electron chi connectivity index (χ2n) is 3.61. The first-order chi connectivity index (χ1) is 7.31. The number of hydrogen-bond donors (Lipinski definition) is 0. The van der Waals surface area contributed by atoms with Gasteiger partial charge in [0.1, 0.15) is 0 Å². The first kappa shape index (κ1) is 12.2. The third kappa shape index (κ3) is 3.65. The second kappa shape index (κ2) is 6.59. The van der Waals surface area contributed by atoms with Crippen LogP contribution in [0.5, 0.6) is 0 Å².